The molecule has 1 atom stereocenters. The predicted molar refractivity (Wildman–Crippen MR) is 263 cm³/mol. The van der Waals surface area contributed by atoms with Gasteiger partial charge in [-0.25, -0.2) is 0 Å². The van der Waals surface area contributed by atoms with Crippen LogP contribution in [0.15, 0.2) is 121 Å². The van der Waals surface area contributed by atoms with Crippen molar-refractivity contribution in [1.82, 2.24) is 0 Å². The molecule has 298 valence electrons. The van der Waals surface area contributed by atoms with Gasteiger partial charge in [0.1, 0.15) is 0 Å². The molecule has 11 rings (SSSR count). The van der Waals surface area contributed by atoms with Crippen LogP contribution in [0, 0.1) is 6.92 Å². The molecule has 0 bridgehead atoms. The maximum atomic E-state index is 6.48. The van der Waals surface area contributed by atoms with E-state index in [0.29, 0.717) is 0 Å². The fourth-order valence-corrected chi connectivity index (χ4v) is 15.7. The van der Waals surface area contributed by atoms with Crippen LogP contribution in [0.4, 0.5) is 17.1 Å². The summed E-state index contributed by atoms with van der Waals surface area (Å²) in [7, 11) is 0. The monoisotopic (exact) mass is 853 g/mol. The number of hydrogen-bond donors (Lipinski definition) is 3. The van der Waals surface area contributed by atoms with E-state index in [4.69, 9.17) is 17.2 Å². The van der Waals surface area contributed by atoms with Crippen LogP contribution >= 0.6 is 45.3 Å². The van der Waals surface area contributed by atoms with Crippen molar-refractivity contribution in [3.8, 4) is 20.9 Å². The zero-order valence-corrected chi connectivity index (χ0v) is 38.2. The summed E-state index contributed by atoms with van der Waals surface area (Å²) in [6.45, 7) is 16.1. The molecule has 2 aliphatic rings. The van der Waals surface area contributed by atoms with E-state index in [1.807, 2.05) is 45.3 Å². The highest BCUT2D eigenvalue weighted by molar-refractivity contribution is 7.30. The van der Waals surface area contributed by atoms with Crippen LogP contribution in [0.3, 0.4) is 0 Å². The van der Waals surface area contributed by atoms with E-state index in [1.165, 1.54) is 99.5 Å². The van der Waals surface area contributed by atoms with E-state index in [9.17, 15) is 0 Å². The Morgan fingerprint density at radius 1 is 0.417 bits per heavy atom. The second-order valence-corrected chi connectivity index (χ2v) is 23.1. The molecule has 4 aromatic heterocycles. The van der Waals surface area contributed by atoms with E-state index in [0.717, 1.165) is 17.1 Å². The van der Waals surface area contributed by atoms with E-state index in [2.05, 4.69) is 170 Å². The molecule has 0 amide bonds. The number of thiophene rings is 4. The molecule has 9 aromatic rings. The van der Waals surface area contributed by atoms with Crippen molar-refractivity contribution in [3.63, 3.8) is 0 Å². The number of anilines is 3. The Morgan fingerprint density at radius 2 is 0.733 bits per heavy atom. The minimum Gasteiger partial charge on any atom is -0.399 e. The first-order chi connectivity index (χ1) is 28.6. The molecular weight excluding hydrogens is 807 g/mol. The Hall–Kier alpha value is -5.18. The standard InChI is InChI=1S/C53H47N3S4/c1-28-8-10-29(11-9-28)52(30-12-18-33(54)19-13-30)38-24-37-39(25-36(38)46-44(52)48-40(57-46)26-42(59-48)50(2,3)4)53(31-14-20-34(55)21-15-31,32-16-22-35(56)23-17-32)45-47(37)58-41-27-43(51(5,6)7)60-49(41)45/h8-27H,54-56H2,1-7H3. The Morgan fingerprint density at radius 3 is 1.05 bits per heavy atom. The van der Waals surface area contributed by atoms with Gasteiger partial charge in [0, 0.05) is 57.1 Å². The molecule has 5 aromatic carbocycles. The van der Waals surface area contributed by atoms with Crippen LogP contribution < -0.4 is 17.2 Å². The summed E-state index contributed by atoms with van der Waals surface area (Å²) in [5.41, 5.74) is 34.7. The maximum absolute atomic E-state index is 6.48. The largest absolute Gasteiger partial charge is 0.399 e. The summed E-state index contributed by atoms with van der Waals surface area (Å²) in [6.07, 6.45) is 0. The third kappa shape index (κ3) is 5.10. The highest BCUT2D eigenvalue weighted by Gasteiger charge is 2.54. The molecule has 4 heterocycles. The van der Waals surface area contributed by atoms with Gasteiger partial charge < -0.3 is 17.2 Å². The molecule has 3 nitrogen and oxygen atoms in total. The molecule has 7 heteroatoms. The topological polar surface area (TPSA) is 78.1 Å². The van der Waals surface area contributed by atoms with Crippen LogP contribution in [0.1, 0.15) is 101 Å². The van der Waals surface area contributed by atoms with Gasteiger partial charge in [0.2, 0.25) is 0 Å². The molecule has 0 saturated carbocycles. The molecule has 0 saturated heterocycles. The number of nitrogens with two attached hydrogens (primary N) is 3. The molecular formula is C53H47N3S4. The van der Waals surface area contributed by atoms with Crippen molar-refractivity contribution in [2.24, 2.45) is 0 Å². The number of aryl methyl sites for hydroxylation is 1. The minimum atomic E-state index is -0.621. The average Bonchev–Trinajstić information content (AvgIpc) is 4.04. The van der Waals surface area contributed by atoms with E-state index < -0.39 is 10.8 Å². The average molecular weight is 854 g/mol. The van der Waals surface area contributed by atoms with Crippen LogP contribution in [0.2, 0.25) is 0 Å². The molecule has 1 unspecified atom stereocenters. The Balaban J connectivity index is 1.33. The highest BCUT2D eigenvalue weighted by Crippen LogP contribution is 2.68. The van der Waals surface area contributed by atoms with Gasteiger partial charge in [-0.2, -0.15) is 0 Å². The molecule has 6 N–H and O–H groups in total. The van der Waals surface area contributed by atoms with Gasteiger partial charge in [0.25, 0.3) is 0 Å². The zero-order valence-electron chi connectivity index (χ0n) is 34.9. The first-order valence-corrected chi connectivity index (χ1v) is 23.9. The first kappa shape index (κ1) is 37.8. The van der Waals surface area contributed by atoms with Gasteiger partial charge in [0.05, 0.1) is 20.2 Å². The van der Waals surface area contributed by atoms with Crippen LogP contribution in [-0.4, -0.2) is 0 Å². The highest BCUT2D eigenvalue weighted by atomic mass is 32.1. The molecule has 0 radical (unpaired) electrons. The Labute approximate surface area is 368 Å². The first-order valence-electron chi connectivity index (χ1n) is 20.6. The lowest BCUT2D eigenvalue weighted by Crippen LogP contribution is -2.30. The smallest absolute Gasteiger partial charge is 0.0736 e. The van der Waals surface area contributed by atoms with Gasteiger partial charge in [-0.3, -0.25) is 0 Å². The van der Waals surface area contributed by atoms with Crippen molar-refractivity contribution < 1.29 is 0 Å². The van der Waals surface area contributed by atoms with Crippen molar-refractivity contribution in [1.29, 1.82) is 0 Å². The minimum absolute atomic E-state index is 0.0238. The molecule has 0 fully saturated rings. The Bertz CT molecular complexity index is 2870. The summed E-state index contributed by atoms with van der Waals surface area (Å²) < 4.78 is 5.43. The normalized spacial score (nSPS) is 16.6. The molecule has 60 heavy (non-hydrogen) atoms. The third-order valence-electron chi connectivity index (χ3n) is 12.9. The Kier molecular flexibility index (Phi) is 7.99. The number of hydrogen-bond acceptors (Lipinski definition) is 7. The number of fused-ring (bicyclic) bond motifs is 10. The van der Waals surface area contributed by atoms with Crippen molar-refractivity contribution >= 4 is 81.2 Å². The van der Waals surface area contributed by atoms with Gasteiger partial charge in [-0.1, -0.05) is 108 Å². The summed E-state index contributed by atoms with van der Waals surface area (Å²) in [5, 5.41) is 0. The van der Waals surface area contributed by atoms with Crippen LogP contribution in [0.25, 0.3) is 39.7 Å². The molecule has 0 aliphatic heterocycles. The summed E-state index contributed by atoms with van der Waals surface area (Å²) in [6, 6.07) is 45.4. The SMILES string of the molecule is Cc1ccc(C2(c3ccc(N)cc3)c3cc4c(cc3-c3sc5cc(C(C)(C)C)sc5c32)C(c2ccc(N)cc2)(c2ccc(N)cc2)c2c-4sc3cc(C(C)(C)C)sc23)cc1. The van der Waals surface area contributed by atoms with Gasteiger partial charge >= 0.3 is 0 Å². The number of rotatable bonds is 4. The second kappa shape index (κ2) is 12.7. The fraction of sp³-hybridized carbons (Fsp3) is 0.208. The third-order valence-corrected chi connectivity index (χ3v) is 18.7. The van der Waals surface area contributed by atoms with Crippen molar-refractivity contribution in [3.05, 3.63) is 181 Å². The number of nitrogen functional groups attached to an aromatic ring is 3. The number of benzene rings is 5. The van der Waals surface area contributed by atoms with Gasteiger partial charge in [-0.05, 0) is 123 Å². The quantitative estimate of drug-likeness (QED) is 0.154. The molecule has 0 spiro atoms. The van der Waals surface area contributed by atoms with Gasteiger partial charge in [0.15, 0.2) is 0 Å². The van der Waals surface area contributed by atoms with Crippen molar-refractivity contribution in [2.75, 3.05) is 17.2 Å². The predicted octanol–water partition coefficient (Wildman–Crippen LogP) is 14.6. The zero-order chi connectivity index (χ0) is 41.7. The fourth-order valence-electron chi connectivity index (χ4n) is 9.98. The molecule has 2 aliphatic carbocycles. The van der Waals surface area contributed by atoms with E-state index >= 15 is 0 Å². The summed E-state index contributed by atoms with van der Waals surface area (Å²) >= 11 is 7.83. The summed E-state index contributed by atoms with van der Waals surface area (Å²) in [4.78, 5) is 5.49. The lowest BCUT2D eigenvalue weighted by atomic mass is 9.66. The van der Waals surface area contributed by atoms with E-state index in [1.54, 1.807) is 0 Å². The lowest BCUT2D eigenvalue weighted by Gasteiger charge is -2.35. The van der Waals surface area contributed by atoms with Crippen LogP contribution in [-0.2, 0) is 21.7 Å². The van der Waals surface area contributed by atoms with Crippen molar-refractivity contribution in [2.45, 2.75) is 70.1 Å². The maximum Gasteiger partial charge on any atom is 0.0736 e. The van der Waals surface area contributed by atoms with Gasteiger partial charge in [-0.15, -0.1) is 45.3 Å². The lowest BCUT2D eigenvalue weighted by molar-refractivity contribution is 0.604. The summed E-state index contributed by atoms with van der Waals surface area (Å²) in [5.74, 6) is 0. The van der Waals surface area contributed by atoms with E-state index in [-0.39, 0.29) is 10.8 Å². The second-order valence-electron chi connectivity index (χ2n) is 18.9. The van der Waals surface area contributed by atoms with Crippen LogP contribution in [0.5, 0.6) is 0 Å².